The molecule has 1 amide bonds. The predicted octanol–water partition coefficient (Wildman–Crippen LogP) is 2.14. The summed E-state index contributed by atoms with van der Waals surface area (Å²) in [5.74, 6) is 2.23. The molecule has 0 saturated heterocycles. The lowest BCUT2D eigenvalue weighted by atomic mass is 10.0. The first-order valence-corrected chi connectivity index (χ1v) is 9.55. The SMILES string of the molecule is CSCc1nc2ccccc2n1CC(=O)NC1CCCC1CN. The Kier molecular flexibility index (Phi) is 5.23. The number of carbonyl (C=O) groups excluding carboxylic acids is 1. The molecule has 1 aliphatic carbocycles. The van der Waals surface area contributed by atoms with Crippen LogP contribution in [0.3, 0.4) is 0 Å². The molecule has 0 bridgehead atoms. The molecular weight excluding hydrogens is 308 g/mol. The number of hydrogen-bond donors (Lipinski definition) is 2. The highest BCUT2D eigenvalue weighted by atomic mass is 32.2. The number of rotatable bonds is 6. The molecule has 1 heterocycles. The molecule has 1 aliphatic rings. The highest BCUT2D eigenvalue weighted by Crippen LogP contribution is 2.25. The summed E-state index contributed by atoms with van der Waals surface area (Å²) in [5.41, 5.74) is 7.78. The van der Waals surface area contributed by atoms with E-state index in [4.69, 9.17) is 5.73 Å². The molecule has 0 spiro atoms. The molecule has 6 heteroatoms. The number of para-hydroxylation sites is 2. The first-order chi connectivity index (χ1) is 11.2. The van der Waals surface area contributed by atoms with Crippen molar-refractivity contribution < 1.29 is 4.79 Å². The van der Waals surface area contributed by atoms with E-state index >= 15 is 0 Å². The molecule has 1 aromatic carbocycles. The molecule has 124 valence electrons. The highest BCUT2D eigenvalue weighted by Gasteiger charge is 2.27. The van der Waals surface area contributed by atoms with Crippen molar-refractivity contribution in [1.29, 1.82) is 0 Å². The van der Waals surface area contributed by atoms with E-state index in [2.05, 4.69) is 10.3 Å². The van der Waals surface area contributed by atoms with Gasteiger partial charge in [-0.1, -0.05) is 18.6 Å². The summed E-state index contributed by atoms with van der Waals surface area (Å²) in [6.45, 7) is 0.973. The number of nitrogens with one attached hydrogen (secondary N) is 1. The third kappa shape index (κ3) is 3.53. The fourth-order valence-electron chi connectivity index (χ4n) is 3.45. The van der Waals surface area contributed by atoms with E-state index in [1.807, 2.05) is 35.1 Å². The van der Waals surface area contributed by atoms with Crippen molar-refractivity contribution in [3.05, 3.63) is 30.1 Å². The normalized spacial score (nSPS) is 21.0. The van der Waals surface area contributed by atoms with Crippen LogP contribution in [0, 0.1) is 5.92 Å². The fourth-order valence-corrected chi connectivity index (χ4v) is 3.92. The number of nitrogens with zero attached hydrogens (tertiary/aromatic N) is 2. The quantitative estimate of drug-likeness (QED) is 0.850. The first kappa shape index (κ1) is 16.3. The zero-order valence-corrected chi connectivity index (χ0v) is 14.3. The van der Waals surface area contributed by atoms with Gasteiger partial charge in [-0.3, -0.25) is 4.79 Å². The van der Waals surface area contributed by atoms with Gasteiger partial charge in [0.25, 0.3) is 0 Å². The zero-order valence-electron chi connectivity index (χ0n) is 13.5. The lowest BCUT2D eigenvalue weighted by molar-refractivity contribution is -0.122. The van der Waals surface area contributed by atoms with E-state index in [9.17, 15) is 4.79 Å². The minimum absolute atomic E-state index is 0.0563. The number of fused-ring (bicyclic) bond motifs is 1. The lowest BCUT2D eigenvalue weighted by Crippen LogP contribution is -2.41. The summed E-state index contributed by atoms with van der Waals surface area (Å²) < 4.78 is 2.04. The van der Waals surface area contributed by atoms with Crippen LogP contribution in [0.15, 0.2) is 24.3 Å². The molecule has 1 fully saturated rings. The standard InChI is InChI=1S/C17H24N4OS/c1-23-11-16-19-14-6-2-3-8-15(14)21(16)10-17(22)20-13-7-4-5-12(13)9-18/h2-3,6,8,12-13H,4-5,7,9-11,18H2,1H3,(H,20,22). The van der Waals surface area contributed by atoms with Crippen LogP contribution in [-0.4, -0.2) is 34.3 Å². The van der Waals surface area contributed by atoms with E-state index in [0.717, 1.165) is 41.9 Å². The molecule has 2 aromatic rings. The summed E-state index contributed by atoms with van der Waals surface area (Å²) >= 11 is 1.72. The molecule has 3 N–H and O–H groups in total. The van der Waals surface area contributed by atoms with Gasteiger partial charge in [0.2, 0.25) is 5.91 Å². The van der Waals surface area contributed by atoms with Crippen molar-refractivity contribution in [3.63, 3.8) is 0 Å². The van der Waals surface area contributed by atoms with E-state index < -0.39 is 0 Å². The maximum absolute atomic E-state index is 12.5. The minimum Gasteiger partial charge on any atom is -0.351 e. The van der Waals surface area contributed by atoms with Crippen LogP contribution >= 0.6 is 11.8 Å². The number of benzene rings is 1. The van der Waals surface area contributed by atoms with Gasteiger partial charge >= 0.3 is 0 Å². The summed E-state index contributed by atoms with van der Waals surface area (Å²) in [5, 5.41) is 3.18. The van der Waals surface area contributed by atoms with Gasteiger partial charge in [0, 0.05) is 6.04 Å². The molecule has 5 nitrogen and oxygen atoms in total. The van der Waals surface area contributed by atoms with Gasteiger partial charge in [0.05, 0.1) is 16.8 Å². The summed E-state index contributed by atoms with van der Waals surface area (Å²) in [7, 11) is 0. The predicted molar refractivity (Wildman–Crippen MR) is 95.3 cm³/mol. The van der Waals surface area contributed by atoms with Crippen LogP contribution in [0.25, 0.3) is 11.0 Å². The van der Waals surface area contributed by atoms with Gasteiger partial charge in [0.1, 0.15) is 12.4 Å². The van der Waals surface area contributed by atoms with E-state index in [1.165, 1.54) is 0 Å². The number of carbonyl (C=O) groups is 1. The third-order valence-electron chi connectivity index (χ3n) is 4.62. The monoisotopic (exact) mass is 332 g/mol. The second-order valence-corrected chi connectivity index (χ2v) is 7.00. The van der Waals surface area contributed by atoms with Crippen molar-refractivity contribution in [2.24, 2.45) is 11.7 Å². The Morgan fingerprint density at radius 2 is 2.26 bits per heavy atom. The molecule has 0 aliphatic heterocycles. The van der Waals surface area contributed by atoms with Crippen molar-refractivity contribution in [1.82, 2.24) is 14.9 Å². The number of imidazole rings is 1. The van der Waals surface area contributed by atoms with Crippen LogP contribution in [0.1, 0.15) is 25.1 Å². The summed E-state index contributed by atoms with van der Waals surface area (Å²) in [4.78, 5) is 17.2. The van der Waals surface area contributed by atoms with Gasteiger partial charge in [0.15, 0.2) is 0 Å². The Labute approximate surface area is 141 Å². The third-order valence-corrected chi connectivity index (χ3v) is 5.16. The van der Waals surface area contributed by atoms with Gasteiger partial charge in [-0.25, -0.2) is 4.98 Å². The number of amides is 1. The second-order valence-electron chi connectivity index (χ2n) is 6.14. The van der Waals surface area contributed by atoms with E-state index in [1.54, 1.807) is 11.8 Å². The number of nitrogens with two attached hydrogens (primary N) is 1. The molecule has 3 rings (SSSR count). The zero-order chi connectivity index (χ0) is 16.2. The topological polar surface area (TPSA) is 72.9 Å². The molecule has 23 heavy (non-hydrogen) atoms. The summed E-state index contributed by atoms with van der Waals surface area (Å²) in [6, 6.07) is 8.22. The van der Waals surface area contributed by atoms with Crippen LogP contribution < -0.4 is 11.1 Å². The Bertz CT molecular complexity index is 684. The molecule has 1 saturated carbocycles. The minimum atomic E-state index is 0.0563. The first-order valence-electron chi connectivity index (χ1n) is 8.15. The Balaban J connectivity index is 1.77. The molecule has 2 atom stereocenters. The Hall–Kier alpha value is -1.53. The van der Waals surface area contributed by atoms with Crippen molar-refractivity contribution in [2.75, 3.05) is 12.8 Å². The van der Waals surface area contributed by atoms with E-state index in [-0.39, 0.29) is 11.9 Å². The Morgan fingerprint density at radius 1 is 1.43 bits per heavy atom. The average molecular weight is 332 g/mol. The van der Waals surface area contributed by atoms with Crippen molar-refractivity contribution >= 4 is 28.7 Å². The average Bonchev–Trinajstić information content (AvgIpc) is 3.13. The smallest absolute Gasteiger partial charge is 0.240 e. The van der Waals surface area contributed by atoms with Crippen molar-refractivity contribution in [3.8, 4) is 0 Å². The van der Waals surface area contributed by atoms with E-state index in [0.29, 0.717) is 19.0 Å². The van der Waals surface area contributed by atoms with Crippen LogP contribution in [0.5, 0.6) is 0 Å². The number of aromatic nitrogens is 2. The highest BCUT2D eigenvalue weighted by molar-refractivity contribution is 7.97. The largest absolute Gasteiger partial charge is 0.351 e. The van der Waals surface area contributed by atoms with Crippen molar-refractivity contribution in [2.45, 2.75) is 37.6 Å². The number of hydrogen-bond acceptors (Lipinski definition) is 4. The van der Waals surface area contributed by atoms with Gasteiger partial charge in [-0.05, 0) is 43.7 Å². The summed E-state index contributed by atoms with van der Waals surface area (Å²) in [6.07, 6.45) is 5.36. The second kappa shape index (κ2) is 7.36. The lowest BCUT2D eigenvalue weighted by Gasteiger charge is -2.20. The Morgan fingerprint density at radius 3 is 3.04 bits per heavy atom. The van der Waals surface area contributed by atoms with Crippen LogP contribution in [0.2, 0.25) is 0 Å². The molecule has 2 unspecified atom stereocenters. The van der Waals surface area contributed by atoms with Crippen LogP contribution in [0.4, 0.5) is 0 Å². The van der Waals surface area contributed by atoms with Gasteiger partial charge in [-0.2, -0.15) is 11.8 Å². The van der Waals surface area contributed by atoms with Gasteiger partial charge < -0.3 is 15.6 Å². The molecule has 0 radical (unpaired) electrons. The van der Waals surface area contributed by atoms with Crippen LogP contribution in [-0.2, 0) is 17.1 Å². The maximum Gasteiger partial charge on any atom is 0.240 e. The number of thioether (sulfide) groups is 1. The fraction of sp³-hybridized carbons (Fsp3) is 0.529. The van der Waals surface area contributed by atoms with Gasteiger partial charge in [-0.15, -0.1) is 0 Å². The molecular formula is C17H24N4OS. The molecule has 1 aromatic heterocycles. The maximum atomic E-state index is 12.5.